The minimum Gasteiger partial charge on any atom is -0.508 e. The number of carbonyl (C=O) groups is 3. The number of carboxylic acid groups (broad SMARTS) is 1. The first-order valence-corrected chi connectivity index (χ1v) is 14.8. The Bertz CT molecular complexity index is 1820. The van der Waals surface area contributed by atoms with Crippen molar-refractivity contribution < 1.29 is 58.5 Å². The zero-order valence-electron chi connectivity index (χ0n) is 25.0. The number of ketones is 1. The van der Waals surface area contributed by atoms with Gasteiger partial charge in [0.15, 0.2) is 18.0 Å². The summed E-state index contributed by atoms with van der Waals surface area (Å²) < 4.78 is 30.0. The molecule has 0 saturated carbocycles. The Kier molecular flexibility index (Phi) is 9.22. The summed E-state index contributed by atoms with van der Waals surface area (Å²) in [4.78, 5) is 38.9. The van der Waals surface area contributed by atoms with Gasteiger partial charge in [-0.2, -0.15) is 0 Å². The number of carbonyl (C=O) groups excluding carboxylic acids is 2. The molecular formula is C35H30FNO11. The highest BCUT2D eigenvalue weighted by Crippen LogP contribution is 2.45. The number of para-hydroxylation sites is 1. The lowest BCUT2D eigenvalue weighted by Crippen LogP contribution is -2.61. The highest BCUT2D eigenvalue weighted by Gasteiger charge is 2.51. The average Bonchev–Trinajstić information content (AvgIpc) is 3.08. The molecule has 12 nitrogen and oxygen atoms in total. The second-order valence-electron chi connectivity index (χ2n) is 11.3. The lowest BCUT2D eigenvalue weighted by Gasteiger charge is -2.46. The Hall–Kier alpha value is -5.18. The molecule has 0 bridgehead atoms. The molecule has 1 amide bonds. The van der Waals surface area contributed by atoms with Crippen LogP contribution in [0.25, 0.3) is 11.1 Å². The molecule has 48 heavy (non-hydrogen) atoms. The maximum absolute atomic E-state index is 13.3. The molecule has 2 saturated heterocycles. The van der Waals surface area contributed by atoms with Gasteiger partial charge in [0.2, 0.25) is 6.29 Å². The van der Waals surface area contributed by atoms with Gasteiger partial charge in [-0.05, 0) is 65.7 Å². The number of phenols is 1. The van der Waals surface area contributed by atoms with E-state index in [1.165, 1.54) is 35.2 Å². The maximum Gasteiger partial charge on any atom is 0.335 e. The highest BCUT2D eigenvalue weighted by molar-refractivity contribution is 6.06. The van der Waals surface area contributed by atoms with Gasteiger partial charge >= 0.3 is 5.97 Å². The molecule has 6 rings (SSSR count). The standard InChI is InChI=1S/C35H30FNO11/c36-21-12-9-18(10-13-21)26(39)17-46-31-27(37(33(31)43)22-6-2-1-3-7-22)24-14-11-20(16-25(24)38)19-5-4-8-23(15-19)47-35-30(42)28(40)29(41)32(48-35)34(44)45/h1-16,27-32,35,38,40-42H,17H2,(H,44,45)/t27-,28?,29?,30?,31-,32?,35-/m1/s1. The summed E-state index contributed by atoms with van der Waals surface area (Å²) in [5.41, 5.74) is 2.18. The van der Waals surface area contributed by atoms with Crippen LogP contribution in [-0.4, -0.2) is 86.6 Å². The number of benzene rings is 4. The van der Waals surface area contributed by atoms with Crippen LogP contribution < -0.4 is 9.64 Å². The van der Waals surface area contributed by atoms with Crippen LogP contribution in [0.3, 0.4) is 0 Å². The van der Waals surface area contributed by atoms with Gasteiger partial charge in [-0.3, -0.25) is 14.5 Å². The third-order valence-electron chi connectivity index (χ3n) is 8.22. The van der Waals surface area contributed by atoms with E-state index >= 15 is 0 Å². The zero-order chi connectivity index (χ0) is 34.1. The normalized spacial score (nSPS) is 25.3. The van der Waals surface area contributed by atoms with Crippen molar-refractivity contribution in [3.8, 4) is 22.6 Å². The van der Waals surface area contributed by atoms with Gasteiger partial charge in [0, 0.05) is 16.8 Å². The van der Waals surface area contributed by atoms with E-state index < -0.39 is 72.9 Å². The SMILES string of the molecule is O=C(CO[C@H]1C(=O)N(c2ccccc2)[C@@H]1c1ccc(-c2cccc(O[C@@H]3OC(C(=O)O)C(O)C(O)C3O)c2)cc1O)c1ccc(F)cc1. The molecule has 4 unspecified atom stereocenters. The van der Waals surface area contributed by atoms with Crippen LogP contribution >= 0.6 is 0 Å². The van der Waals surface area contributed by atoms with Crippen molar-refractivity contribution in [1.82, 2.24) is 0 Å². The third-order valence-corrected chi connectivity index (χ3v) is 8.22. The Morgan fingerprint density at radius 1 is 0.833 bits per heavy atom. The molecule has 2 aliphatic heterocycles. The van der Waals surface area contributed by atoms with Gasteiger partial charge < -0.3 is 39.7 Å². The molecule has 0 radical (unpaired) electrons. The van der Waals surface area contributed by atoms with Gasteiger partial charge in [-0.15, -0.1) is 0 Å². The van der Waals surface area contributed by atoms with Crippen molar-refractivity contribution in [2.45, 2.75) is 42.9 Å². The summed E-state index contributed by atoms with van der Waals surface area (Å²) in [5, 5.41) is 50.9. The molecule has 0 aromatic heterocycles. The van der Waals surface area contributed by atoms with Crippen LogP contribution in [0.1, 0.15) is 22.0 Å². The fourth-order valence-corrected chi connectivity index (χ4v) is 5.69. The number of amides is 1. The third kappa shape index (κ3) is 6.37. The van der Waals surface area contributed by atoms with Crippen molar-refractivity contribution >= 4 is 23.3 Å². The van der Waals surface area contributed by atoms with Gasteiger partial charge in [0.1, 0.15) is 48.3 Å². The van der Waals surface area contributed by atoms with E-state index in [9.17, 15) is 44.3 Å². The molecule has 2 fully saturated rings. The van der Waals surface area contributed by atoms with E-state index in [-0.39, 0.29) is 17.1 Å². The number of aliphatic hydroxyl groups excluding tert-OH is 3. The predicted octanol–water partition coefficient (Wildman–Crippen LogP) is 2.83. The number of halogens is 1. The van der Waals surface area contributed by atoms with Gasteiger partial charge in [-0.25, -0.2) is 9.18 Å². The Morgan fingerprint density at radius 2 is 1.54 bits per heavy atom. The van der Waals surface area contributed by atoms with Crippen molar-refractivity contribution in [3.63, 3.8) is 0 Å². The number of carboxylic acids is 1. The molecule has 7 atom stereocenters. The lowest BCUT2D eigenvalue weighted by atomic mass is 9.88. The van der Waals surface area contributed by atoms with Crippen LogP contribution in [0.5, 0.6) is 11.5 Å². The number of anilines is 1. The van der Waals surface area contributed by atoms with E-state index in [1.54, 1.807) is 54.6 Å². The lowest BCUT2D eigenvalue weighted by molar-refractivity contribution is -0.271. The number of Topliss-reactive ketones (excluding diaryl/α,β-unsaturated/α-hetero) is 1. The van der Waals surface area contributed by atoms with Gasteiger partial charge in [-0.1, -0.05) is 42.5 Å². The molecule has 13 heteroatoms. The summed E-state index contributed by atoms with van der Waals surface area (Å²) in [6, 6.07) is 24.1. The summed E-state index contributed by atoms with van der Waals surface area (Å²) in [5.74, 6) is -2.95. The van der Waals surface area contributed by atoms with E-state index in [0.717, 1.165) is 12.1 Å². The second kappa shape index (κ2) is 13.5. The minimum absolute atomic E-state index is 0.131. The molecule has 2 heterocycles. The Balaban J connectivity index is 1.23. The number of β-lactam (4-membered cyclic amide) rings is 1. The second-order valence-corrected chi connectivity index (χ2v) is 11.3. The van der Waals surface area contributed by atoms with Crippen LogP contribution in [0.4, 0.5) is 10.1 Å². The van der Waals surface area contributed by atoms with E-state index in [2.05, 4.69) is 0 Å². The first-order valence-electron chi connectivity index (χ1n) is 14.8. The minimum atomic E-state index is -1.87. The van der Waals surface area contributed by atoms with Crippen LogP contribution in [0.15, 0.2) is 97.1 Å². The number of rotatable bonds is 10. The number of nitrogens with zero attached hydrogens (tertiary/aromatic N) is 1. The molecule has 5 N–H and O–H groups in total. The van der Waals surface area contributed by atoms with E-state index in [0.29, 0.717) is 22.4 Å². The zero-order valence-corrected chi connectivity index (χ0v) is 25.0. The van der Waals surface area contributed by atoms with Gasteiger partial charge in [0.25, 0.3) is 5.91 Å². The van der Waals surface area contributed by atoms with Crippen molar-refractivity contribution in [2.24, 2.45) is 0 Å². The summed E-state index contributed by atoms with van der Waals surface area (Å²) in [6.07, 6.45) is -9.99. The van der Waals surface area contributed by atoms with Crippen LogP contribution in [0.2, 0.25) is 0 Å². The summed E-state index contributed by atoms with van der Waals surface area (Å²) in [7, 11) is 0. The number of aliphatic carboxylic acids is 1. The fourth-order valence-electron chi connectivity index (χ4n) is 5.69. The molecule has 4 aromatic rings. The molecule has 0 aliphatic carbocycles. The van der Waals surface area contributed by atoms with Crippen LogP contribution in [-0.2, 0) is 19.1 Å². The first kappa shape index (κ1) is 32.7. The molecule has 0 spiro atoms. The van der Waals surface area contributed by atoms with E-state index in [4.69, 9.17) is 14.2 Å². The van der Waals surface area contributed by atoms with E-state index in [1.807, 2.05) is 0 Å². The predicted molar refractivity (Wildman–Crippen MR) is 166 cm³/mol. The number of hydrogen-bond donors (Lipinski definition) is 5. The van der Waals surface area contributed by atoms with Crippen molar-refractivity contribution in [3.05, 3.63) is 114 Å². The summed E-state index contributed by atoms with van der Waals surface area (Å²) >= 11 is 0. The van der Waals surface area contributed by atoms with Crippen LogP contribution in [0, 0.1) is 5.82 Å². The number of aliphatic hydroxyl groups is 3. The number of phenolic OH excluding ortho intramolecular Hbond substituents is 1. The first-order chi connectivity index (χ1) is 23.0. The molecule has 2 aliphatic rings. The fraction of sp³-hybridized carbons (Fsp3) is 0.229. The van der Waals surface area contributed by atoms with Gasteiger partial charge in [0.05, 0.1) is 0 Å². The maximum atomic E-state index is 13.3. The Labute approximate surface area is 272 Å². The monoisotopic (exact) mass is 659 g/mol. The number of ether oxygens (including phenoxy) is 3. The topological polar surface area (TPSA) is 183 Å². The van der Waals surface area contributed by atoms with Crippen molar-refractivity contribution in [2.75, 3.05) is 11.5 Å². The number of hydrogen-bond acceptors (Lipinski definition) is 10. The molecule has 4 aromatic carbocycles. The van der Waals surface area contributed by atoms with Crippen molar-refractivity contribution in [1.29, 1.82) is 0 Å². The smallest absolute Gasteiger partial charge is 0.335 e. The number of aromatic hydroxyl groups is 1. The highest BCUT2D eigenvalue weighted by atomic mass is 19.1. The molecular weight excluding hydrogens is 629 g/mol. The summed E-state index contributed by atoms with van der Waals surface area (Å²) in [6.45, 7) is -0.449. The average molecular weight is 660 g/mol. The largest absolute Gasteiger partial charge is 0.508 e. The Morgan fingerprint density at radius 3 is 2.23 bits per heavy atom. The quantitative estimate of drug-likeness (QED) is 0.125. The molecule has 248 valence electrons.